The summed E-state index contributed by atoms with van der Waals surface area (Å²) in [7, 11) is 0. The molecule has 0 aromatic carbocycles. The van der Waals surface area contributed by atoms with E-state index in [9.17, 15) is 13.6 Å². The first-order valence-electron chi connectivity index (χ1n) is 4.09. The van der Waals surface area contributed by atoms with Crippen LogP contribution in [0.5, 0.6) is 0 Å². The summed E-state index contributed by atoms with van der Waals surface area (Å²) in [5, 5.41) is 2.55. The molecular formula is C8H15F2NO. The van der Waals surface area contributed by atoms with Crippen LogP contribution in [0.15, 0.2) is 0 Å². The SMILES string of the molecule is CC(C)C(=O)NC1CC(F)(F)C1.[HH]. The number of hydrogen-bond donors (Lipinski definition) is 1. The topological polar surface area (TPSA) is 29.1 Å². The maximum Gasteiger partial charge on any atom is 0.252 e. The van der Waals surface area contributed by atoms with Crippen LogP contribution >= 0.6 is 0 Å². The van der Waals surface area contributed by atoms with Crippen LogP contribution in [0.2, 0.25) is 0 Å². The second kappa shape index (κ2) is 2.99. The van der Waals surface area contributed by atoms with Gasteiger partial charge in [-0.2, -0.15) is 0 Å². The maximum atomic E-state index is 12.3. The minimum absolute atomic E-state index is 0. The first-order chi connectivity index (χ1) is 5.41. The van der Waals surface area contributed by atoms with Gasteiger partial charge in [-0.1, -0.05) is 13.8 Å². The van der Waals surface area contributed by atoms with Gasteiger partial charge in [0.1, 0.15) is 0 Å². The summed E-state index contributed by atoms with van der Waals surface area (Å²) in [6, 6.07) is -0.310. The minimum Gasteiger partial charge on any atom is -0.353 e. The van der Waals surface area contributed by atoms with Crippen molar-refractivity contribution in [3.05, 3.63) is 0 Å². The van der Waals surface area contributed by atoms with Gasteiger partial charge >= 0.3 is 0 Å². The Kier molecular flexibility index (Phi) is 2.35. The molecule has 1 aliphatic rings. The second-order valence-electron chi connectivity index (χ2n) is 3.62. The fourth-order valence-corrected chi connectivity index (χ4v) is 1.13. The molecule has 1 aliphatic carbocycles. The summed E-state index contributed by atoms with van der Waals surface area (Å²) in [5.41, 5.74) is 0. The Labute approximate surface area is 71.8 Å². The zero-order valence-electron chi connectivity index (χ0n) is 7.23. The Hall–Kier alpha value is -0.670. The van der Waals surface area contributed by atoms with Gasteiger partial charge in [-0.15, -0.1) is 0 Å². The van der Waals surface area contributed by atoms with Gasteiger partial charge < -0.3 is 5.32 Å². The molecule has 0 spiro atoms. The van der Waals surface area contributed by atoms with E-state index in [0.29, 0.717) is 0 Å². The van der Waals surface area contributed by atoms with Gasteiger partial charge in [-0.05, 0) is 0 Å². The molecule has 0 radical (unpaired) electrons. The van der Waals surface area contributed by atoms with Gasteiger partial charge in [-0.3, -0.25) is 4.79 Å². The van der Waals surface area contributed by atoms with E-state index in [2.05, 4.69) is 5.32 Å². The average Bonchev–Trinajstić information content (AvgIpc) is 1.83. The third kappa shape index (κ3) is 2.16. The molecule has 0 atom stereocenters. The lowest BCUT2D eigenvalue weighted by Crippen LogP contribution is -2.51. The molecule has 1 fully saturated rings. The van der Waals surface area contributed by atoms with Gasteiger partial charge in [0, 0.05) is 26.2 Å². The summed E-state index contributed by atoms with van der Waals surface area (Å²) in [5.74, 6) is -2.82. The zero-order chi connectivity index (χ0) is 9.35. The van der Waals surface area contributed by atoms with Crippen molar-refractivity contribution in [1.29, 1.82) is 0 Å². The minimum atomic E-state index is -2.55. The number of carbonyl (C=O) groups is 1. The second-order valence-corrected chi connectivity index (χ2v) is 3.62. The van der Waals surface area contributed by atoms with Gasteiger partial charge in [-0.25, -0.2) is 8.78 Å². The van der Waals surface area contributed by atoms with E-state index in [1.54, 1.807) is 13.8 Å². The van der Waals surface area contributed by atoms with Crippen LogP contribution in [-0.2, 0) is 4.79 Å². The normalized spacial score (nSPS) is 22.1. The molecule has 4 heteroatoms. The van der Waals surface area contributed by atoms with Gasteiger partial charge in [0.05, 0.1) is 0 Å². The van der Waals surface area contributed by atoms with Crippen molar-refractivity contribution in [1.82, 2.24) is 5.32 Å². The Morgan fingerprint density at radius 3 is 2.42 bits per heavy atom. The van der Waals surface area contributed by atoms with Crippen LogP contribution in [0.25, 0.3) is 0 Å². The van der Waals surface area contributed by atoms with Crippen molar-refractivity contribution in [2.24, 2.45) is 5.92 Å². The predicted octanol–water partition coefficient (Wildman–Crippen LogP) is 1.80. The maximum absolute atomic E-state index is 12.3. The number of rotatable bonds is 2. The third-order valence-electron chi connectivity index (χ3n) is 1.96. The van der Waals surface area contributed by atoms with Crippen molar-refractivity contribution in [2.75, 3.05) is 0 Å². The van der Waals surface area contributed by atoms with Crippen molar-refractivity contribution < 1.29 is 15.0 Å². The molecule has 0 bridgehead atoms. The summed E-state index contributed by atoms with van der Waals surface area (Å²) < 4.78 is 24.6. The lowest BCUT2D eigenvalue weighted by atomic mass is 9.88. The van der Waals surface area contributed by atoms with Crippen LogP contribution in [-0.4, -0.2) is 17.9 Å². The van der Waals surface area contributed by atoms with Gasteiger partial charge in [0.25, 0.3) is 5.92 Å². The molecule has 1 N–H and O–H groups in total. The molecule has 0 aliphatic heterocycles. The molecule has 1 rings (SSSR count). The number of nitrogens with one attached hydrogen (secondary N) is 1. The lowest BCUT2D eigenvalue weighted by Gasteiger charge is -2.35. The molecule has 72 valence electrons. The molecule has 1 saturated carbocycles. The first-order valence-corrected chi connectivity index (χ1v) is 4.09. The third-order valence-corrected chi connectivity index (χ3v) is 1.96. The summed E-state index contributed by atoms with van der Waals surface area (Å²) >= 11 is 0. The predicted molar refractivity (Wildman–Crippen MR) is 43.1 cm³/mol. The van der Waals surface area contributed by atoms with Crippen molar-refractivity contribution in [3.8, 4) is 0 Å². The zero-order valence-corrected chi connectivity index (χ0v) is 7.23. The van der Waals surface area contributed by atoms with Crippen LogP contribution < -0.4 is 5.32 Å². The van der Waals surface area contributed by atoms with Crippen LogP contribution in [0.4, 0.5) is 8.78 Å². The fourth-order valence-electron chi connectivity index (χ4n) is 1.13. The average molecular weight is 179 g/mol. The first kappa shape index (κ1) is 9.42. The summed E-state index contributed by atoms with van der Waals surface area (Å²) in [6.07, 6.45) is -0.406. The van der Waals surface area contributed by atoms with E-state index < -0.39 is 5.92 Å². The number of hydrogen-bond acceptors (Lipinski definition) is 1. The molecule has 2 nitrogen and oxygen atoms in total. The van der Waals surface area contributed by atoms with E-state index >= 15 is 0 Å². The quantitative estimate of drug-likeness (QED) is 0.688. The summed E-state index contributed by atoms with van der Waals surface area (Å²) in [6.45, 7) is 3.48. The van der Waals surface area contributed by atoms with E-state index in [4.69, 9.17) is 0 Å². The Morgan fingerprint density at radius 2 is 2.08 bits per heavy atom. The monoisotopic (exact) mass is 179 g/mol. The Bertz CT molecular complexity index is 189. The Balaban J connectivity index is 0.00000144. The highest BCUT2D eigenvalue weighted by atomic mass is 19.3. The largest absolute Gasteiger partial charge is 0.353 e. The molecule has 1 amide bonds. The van der Waals surface area contributed by atoms with E-state index in [1.165, 1.54) is 0 Å². The molecular weight excluding hydrogens is 164 g/mol. The number of carbonyl (C=O) groups excluding carboxylic acids is 1. The van der Waals surface area contributed by atoms with Crippen molar-refractivity contribution in [3.63, 3.8) is 0 Å². The molecule has 0 aromatic rings. The molecule has 0 saturated heterocycles. The van der Waals surface area contributed by atoms with Crippen LogP contribution in [0.3, 0.4) is 0 Å². The molecule has 0 aromatic heterocycles. The number of halogens is 2. The highest BCUT2D eigenvalue weighted by Gasteiger charge is 2.45. The molecule has 0 heterocycles. The Morgan fingerprint density at radius 1 is 1.58 bits per heavy atom. The number of amides is 1. The van der Waals surface area contributed by atoms with Crippen LogP contribution in [0.1, 0.15) is 28.1 Å². The molecule has 0 unspecified atom stereocenters. The standard InChI is InChI=1S/C8H13F2NO.H2/c1-5(2)7(12)11-6-3-8(9,10)4-6;/h5-6H,3-4H2,1-2H3,(H,11,12);1H. The highest BCUT2D eigenvalue weighted by Crippen LogP contribution is 2.37. The lowest BCUT2D eigenvalue weighted by molar-refractivity contribution is -0.131. The van der Waals surface area contributed by atoms with Crippen molar-refractivity contribution >= 4 is 5.91 Å². The van der Waals surface area contributed by atoms with E-state index in [1.807, 2.05) is 0 Å². The van der Waals surface area contributed by atoms with Gasteiger partial charge in [0.2, 0.25) is 5.91 Å². The summed E-state index contributed by atoms with van der Waals surface area (Å²) in [4.78, 5) is 11.0. The highest BCUT2D eigenvalue weighted by molar-refractivity contribution is 5.78. The van der Waals surface area contributed by atoms with E-state index in [-0.39, 0.29) is 32.1 Å². The van der Waals surface area contributed by atoms with Crippen molar-refractivity contribution in [2.45, 2.75) is 38.7 Å². The van der Waals surface area contributed by atoms with E-state index in [0.717, 1.165) is 0 Å². The smallest absolute Gasteiger partial charge is 0.252 e. The molecule has 12 heavy (non-hydrogen) atoms. The number of alkyl halides is 2. The fraction of sp³-hybridized carbons (Fsp3) is 0.875. The van der Waals surface area contributed by atoms with Crippen LogP contribution in [0, 0.1) is 5.92 Å². The van der Waals surface area contributed by atoms with Gasteiger partial charge in [0.15, 0.2) is 0 Å².